The van der Waals surface area contributed by atoms with Gasteiger partial charge >= 0.3 is 0 Å². The predicted octanol–water partition coefficient (Wildman–Crippen LogP) is 0.592. The molecule has 1 saturated heterocycles. The Kier molecular flexibility index (Phi) is 11.3. The van der Waals surface area contributed by atoms with E-state index in [2.05, 4.69) is 13.6 Å². The van der Waals surface area contributed by atoms with Crippen LogP contribution in [0.15, 0.2) is 12.7 Å². The van der Waals surface area contributed by atoms with Crippen molar-refractivity contribution in [3.8, 4) is 0 Å². The molecule has 5 nitrogen and oxygen atoms in total. The second-order valence-corrected chi connectivity index (χ2v) is 5.18. The first-order valence-corrected chi connectivity index (χ1v) is 7.34. The van der Waals surface area contributed by atoms with Gasteiger partial charge in [0.05, 0.1) is 46.5 Å². The van der Waals surface area contributed by atoms with Crippen molar-refractivity contribution in [1.29, 1.82) is 0 Å². The quantitative estimate of drug-likeness (QED) is 0.354. The highest BCUT2D eigenvalue weighted by molar-refractivity contribution is 5.64. The number of carboxylic acids is 1. The van der Waals surface area contributed by atoms with Crippen LogP contribution >= 0.6 is 0 Å². The van der Waals surface area contributed by atoms with Crippen LogP contribution in [0.4, 0.5) is 0 Å². The lowest BCUT2D eigenvalue weighted by Crippen LogP contribution is -2.40. The summed E-state index contributed by atoms with van der Waals surface area (Å²) in [5.41, 5.74) is 0. The molecule has 0 N–H and O–H groups in total. The summed E-state index contributed by atoms with van der Waals surface area (Å²) >= 11 is 0. The number of aliphatic carboxylic acids is 1. The van der Waals surface area contributed by atoms with Crippen molar-refractivity contribution < 1.29 is 23.9 Å². The number of hydrogen-bond acceptors (Lipinski definition) is 4. The Morgan fingerprint density at radius 3 is 2.35 bits per heavy atom. The molecule has 1 aliphatic heterocycles. The number of likely N-dealkylation sites (N-methyl/N-ethyl adjacent to an activating group) is 1. The van der Waals surface area contributed by atoms with E-state index in [1.54, 1.807) is 0 Å². The van der Waals surface area contributed by atoms with E-state index in [4.69, 9.17) is 9.47 Å². The molecule has 1 heterocycles. The molecule has 0 bridgehead atoms. The third kappa shape index (κ3) is 11.0. The molecule has 1 fully saturated rings. The van der Waals surface area contributed by atoms with Gasteiger partial charge in [0.15, 0.2) is 0 Å². The first-order chi connectivity index (χ1) is 9.54. The van der Waals surface area contributed by atoms with Gasteiger partial charge in [-0.3, -0.25) is 0 Å². The fraction of sp³-hybridized carbons (Fsp3) is 0.800. The largest absolute Gasteiger partial charge is 0.550 e. The lowest BCUT2D eigenvalue weighted by molar-refractivity contribution is -0.891. The molecule has 0 aromatic carbocycles. The van der Waals surface area contributed by atoms with E-state index < -0.39 is 5.97 Å². The molecule has 0 amide bonds. The second-order valence-electron chi connectivity index (χ2n) is 5.18. The molecular formula is C15H29NO4. The van der Waals surface area contributed by atoms with Crippen LogP contribution in [0.25, 0.3) is 0 Å². The Bertz CT molecular complexity index is 263. The average Bonchev–Trinajstić information content (AvgIpc) is 2.81. The van der Waals surface area contributed by atoms with E-state index in [-0.39, 0.29) is 13.0 Å². The zero-order valence-corrected chi connectivity index (χ0v) is 12.9. The summed E-state index contributed by atoms with van der Waals surface area (Å²) in [5, 5.41) is 9.87. The first kappa shape index (κ1) is 19.1. The monoisotopic (exact) mass is 287 g/mol. The van der Waals surface area contributed by atoms with E-state index in [9.17, 15) is 9.90 Å². The van der Waals surface area contributed by atoms with Gasteiger partial charge in [-0.25, -0.2) is 0 Å². The number of carbonyl (C=O) groups excluding carboxylic acids is 1. The number of carbonyl (C=O) groups is 1. The molecular weight excluding hydrogens is 258 g/mol. The SMILES string of the molecule is C=CC[N+]1(C)CCCC1.CCOCCOCCC(=O)[O-]. The minimum atomic E-state index is -1.08. The van der Waals surface area contributed by atoms with Crippen molar-refractivity contribution in [3.05, 3.63) is 12.7 Å². The topological polar surface area (TPSA) is 58.6 Å². The van der Waals surface area contributed by atoms with Gasteiger partial charge in [-0.15, -0.1) is 0 Å². The van der Waals surface area contributed by atoms with Crippen LogP contribution in [0.1, 0.15) is 26.2 Å². The van der Waals surface area contributed by atoms with Crippen LogP contribution in [-0.2, 0) is 14.3 Å². The van der Waals surface area contributed by atoms with Crippen LogP contribution in [-0.4, -0.2) is 63.6 Å². The lowest BCUT2D eigenvalue weighted by atomic mass is 10.4. The van der Waals surface area contributed by atoms with E-state index in [1.807, 2.05) is 13.0 Å². The molecule has 118 valence electrons. The zero-order valence-electron chi connectivity index (χ0n) is 12.9. The van der Waals surface area contributed by atoms with Crippen LogP contribution < -0.4 is 5.11 Å². The summed E-state index contributed by atoms with van der Waals surface area (Å²) in [4.78, 5) is 9.87. The summed E-state index contributed by atoms with van der Waals surface area (Å²) in [6.45, 7) is 11.3. The fourth-order valence-electron chi connectivity index (χ4n) is 2.11. The number of hydrogen-bond donors (Lipinski definition) is 0. The number of carboxylic acid groups (broad SMARTS) is 1. The summed E-state index contributed by atoms with van der Waals surface area (Å²) in [6.07, 6.45) is 4.80. The van der Waals surface area contributed by atoms with Gasteiger partial charge in [-0.05, 0) is 13.0 Å². The van der Waals surface area contributed by atoms with Crippen molar-refractivity contribution in [2.45, 2.75) is 26.2 Å². The molecule has 0 radical (unpaired) electrons. The number of ether oxygens (including phenoxy) is 2. The van der Waals surface area contributed by atoms with Crippen LogP contribution in [0.2, 0.25) is 0 Å². The number of likely N-dealkylation sites (tertiary alicyclic amines) is 1. The number of nitrogens with zero attached hydrogens (tertiary/aromatic N) is 1. The second kappa shape index (κ2) is 11.9. The Hall–Kier alpha value is -0.910. The minimum Gasteiger partial charge on any atom is -0.550 e. The fourth-order valence-corrected chi connectivity index (χ4v) is 2.11. The van der Waals surface area contributed by atoms with Gasteiger partial charge in [0.2, 0.25) is 0 Å². The Morgan fingerprint density at radius 2 is 1.85 bits per heavy atom. The molecule has 1 aliphatic rings. The molecule has 0 saturated carbocycles. The van der Waals surface area contributed by atoms with Crippen molar-refractivity contribution in [2.24, 2.45) is 0 Å². The summed E-state index contributed by atoms with van der Waals surface area (Å²) in [5.74, 6) is -1.08. The summed E-state index contributed by atoms with van der Waals surface area (Å²) in [6, 6.07) is 0. The Balaban J connectivity index is 0.000000367. The van der Waals surface area contributed by atoms with Gasteiger partial charge in [0.1, 0.15) is 0 Å². The van der Waals surface area contributed by atoms with Gasteiger partial charge in [0.25, 0.3) is 0 Å². The van der Waals surface area contributed by atoms with Crippen molar-refractivity contribution in [3.63, 3.8) is 0 Å². The van der Waals surface area contributed by atoms with Crippen LogP contribution in [0, 0.1) is 0 Å². The standard InChI is InChI=1S/C8H16N.C7H14O4/c1-3-6-9(2)7-4-5-8-9;1-2-10-5-6-11-4-3-7(8)9/h3H,1,4-8H2,2H3;2-6H2,1H3,(H,8,9)/q+1;/p-1. The maximum Gasteiger partial charge on any atom is 0.0969 e. The number of rotatable bonds is 9. The van der Waals surface area contributed by atoms with Crippen LogP contribution in [0.3, 0.4) is 0 Å². The van der Waals surface area contributed by atoms with E-state index in [0.717, 1.165) is 6.54 Å². The number of quaternary nitrogens is 1. The van der Waals surface area contributed by atoms with E-state index in [0.29, 0.717) is 19.8 Å². The molecule has 0 spiro atoms. The highest BCUT2D eigenvalue weighted by Gasteiger charge is 2.24. The highest BCUT2D eigenvalue weighted by Crippen LogP contribution is 2.15. The molecule has 0 unspecified atom stereocenters. The predicted molar refractivity (Wildman–Crippen MR) is 77.2 cm³/mol. The van der Waals surface area contributed by atoms with Gasteiger partial charge in [0, 0.05) is 31.8 Å². The average molecular weight is 287 g/mol. The zero-order chi connectivity index (χ0) is 15.3. The molecule has 20 heavy (non-hydrogen) atoms. The third-order valence-electron chi connectivity index (χ3n) is 3.24. The normalized spacial score (nSPS) is 16.3. The molecule has 1 rings (SSSR count). The maximum atomic E-state index is 9.87. The summed E-state index contributed by atoms with van der Waals surface area (Å²) in [7, 11) is 2.31. The molecule has 5 heteroatoms. The Labute approximate surface area is 122 Å². The van der Waals surface area contributed by atoms with Crippen LogP contribution in [0.5, 0.6) is 0 Å². The first-order valence-electron chi connectivity index (χ1n) is 7.34. The molecule has 0 atom stereocenters. The van der Waals surface area contributed by atoms with Gasteiger partial charge < -0.3 is 23.9 Å². The van der Waals surface area contributed by atoms with E-state index in [1.165, 1.54) is 30.4 Å². The van der Waals surface area contributed by atoms with Crippen molar-refractivity contribution in [2.75, 3.05) is 53.1 Å². The summed E-state index contributed by atoms with van der Waals surface area (Å²) < 4.78 is 11.1. The highest BCUT2D eigenvalue weighted by atomic mass is 16.5. The van der Waals surface area contributed by atoms with E-state index >= 15 is 0 Å². The Morgan fingerprint density at radius 1 is 1.25 bits per heavy atom. The molecule has 0 aromatic rings. The van der Waals surface area contributed by atoms with Gasteiger partial charge in [-0.2, -0.15) is 0 Å². The smallest absolute Gasteiger partial charge is 0.0969 e. The van der Waals surface area contributed by atoms with Crippen molar-refractivity contribution >= 4 is 5.97 Å². The van der Waals surface area contributed by atoms with Gasteiger partial charge in [-0.1, -0.05) is 6.58 Å². The van der Waals surface area contributed by atoms with Crippen molar-refractivity contribution in [1.82, 2.24) is 0 Å². The molecule has 0 aliphatic carbocycles. The lowest BCUT2D eigenvalue weighted by Gasteiger charge is -2.27. The minimum absolute atomic E-state index is 0.0495. The third-order valence-corrected chi connectivity index (χ3v) is 3.24. The molecule has 0 aromatic heterocycles. The maximum absolute atomic E-state index is 9.87.